The number of nitrogens with zero attached hydrogens (tertiary/aromatic N) is 4. The number of anilines is 1. The number of rotatable bonds is 3. The first kappa shape index (κ1) is 20.6. The molecule has 2 aromatic heterocycles. The molecule has 1 aliphatic carbocycles. The standard InChI is InChI=1S/C22H35N5O/c1-20(2,3)17-13-18(27(25-17)22(7,8)9)23-19(28)15-12-16(14-10-11-14)26(24-15)21(4,5)6/h12-14H,10-11H2,1-9H3,(H,23,28). The number of hydrogen-bond donors (Lipinski definition) is 1. The number of hydrogen-bond acceptors (Lipinski definition) is 3. The lowest BCUT2D eigenvalue weighted by Crippen LogP contribution is -2.28. The Morgan fingerprint density at radius 1 is 0.929 bits per heavy atom. The van der Waals surface area contributed by atoms with E-state index in [0.29, 0.717) is 17.4 Å². The molecule has 1 fully saturated rings. The third-order valence-corrected chi connectivity index (χ3v) is 4.96. The van der Waals surface area contributed by atoms with Crippen LogP contribution < -0.4 is 5.32 Å². The molecule has 2 aromatic rings. The van der Waals surface area contributed by atoms with E-state index in [1.807, 2.05) is 21.5 Å². The van der Waals surface area contributed by atoms with Crippen molar-refractivity contribution in [1.29, 1.82) is 0 Å². The van der Waals surface area contributed by atoms with Crippen molar-refractivity contribution in [1.82, 2.24) is 19.6 Å². The summed E-state index contributed by atoms with van der Waals surface area (Å²) < 4.78 is 3.91. The summed E-state index contributed by atoms with van der Waals surface area (Å²) in [7, 11) is 0. The molecular weight excluding hydrogens is 350 g/mol. The Bertz CT molecular complexity index is 880. The van der Waals surface area contributed by atoms with Gasteiger partial charge in [-0.25, -0.2) is 4.68 Å². The van der Waals surface area contributed by atoms with Crippen molar-refractivity contribution < 1.29 is 4.79 Å². The van der Waals surface area contributed by atoms with Crippen molar-refractivity contribution in [2.45, 2.75) is 97.6 Å². The number of nitrogens with one attached hydrogen (secondary N) is 1. The second-order valence-electron chi connectivity index (χ2n) is 11.0. The molecule has 0 saturated heterocycles. The summed E-state index contributed by atoms with van der Waals surface area (Å²) in [6.07, 6.45) is 2.35. The van der Waals surface area contributed by atoms with E-state index < -0.39 is 0 Å². The van der Waals surface area contributed by atoms with Gasteiger partial charge < -0.3 is 5.32 Å². The van der Waals surface area contributed by atoms with E-state index in [2.05, 4.69) is 72.7 Å². The Kier molecular flexibility index (Phi) is 4.76. The second-order valence-corrected chi connectivity index (χ2v) is 11.0. The Hall–Kier alpha value is -2.11. The largest absolute Gasteiger partial charge is 0.305 e. The quantitative estimate of drug-likeness (QED) is 0.807. The molecule has 1 N–H and O–H groups in total. The highest BCUT2D eigenvalue weighted by Gasteiger charge is 2.33. The van der Waals surface area contributed by atoms with Gasteiger partial charge in [0.2, 0.25) is 0 Å². The van der Waals surface area contributed by atoms with E-state index in [1.54, 1.807) is 0 Å². The van der Waals surface area contributed by atoms with Gasteiger partial charge in [0.25, 0.3) is 5.91 Å². The van der Waals surface area contributed by atoms with Crippen molar-refractivity contribution >= 4 is 11.7 Å². The normalized spacial score (nSPS) is 15.8. The molecule has 0 bridgehead atoms. The van der Waals surface area contributed by atoms with Crippen molar-refractivity contribution in [3.8, 4) is 0 Å². The molecular formula is C22H35N5O. The monoisotopic (exact) mass is 385 g/mol. The minimum atomic E-state index is -0.240. The minimum absolute atomic E-state index is 0.0943. The molecule has 0 atom stereocenters. The van der Waals surface area contributed by atoms with Crippen LogP contribution in [0, 0.1) is 0 Å². The molecule has 154 valence electrons. The molecule has 1 saturated carbocycles. The van der Waals surface area contributed by atoms with Crippen LogP contribution >= 0.6 is 0 Å². The first-order chi connectivity index (χ1) is 12.7. The van der Waals surface area contributed by atoms with Gasteiger partial charge in [0.05, 0.1) is 16.8 Å². The SMILES string of the molecule is CC(C)(C)c1cc(NC(=O)c2cc(C3CC3)n(C(C)(C)C)n2)n(C(C)(C)C)n1. The minimum Gasteiger partial charge on any atom is -0.305 e. The zero-order valence-electron chi connectivity index (χ0n) is 18.8. The fourth-order valence-electron chi connectivity index (χ4n) is 3.24. The summed E-state index contributed by atoms with van der Waals surface area (Å²) in [5.74, 6) is 1.05. The van der Waals surface area contributed by atoms with Crippen LogP contribution in [0.4, 0.5) is 5.82 Å². The van der Waals surface area contributed by atoms with Crippen LogP contribution in [0.25, 0.3) is 0 Å². The van der Waals surface area contributed by atoms with E-state index in [0.717, 1.165) is 11.4 Å². The number of carbonyl (C=O) groups excluding carboxylic acids is 1. The van der Waals surface area contributed by atoms with Crippen LogP contribution in [-0.4, -0.2) is 25.5 Å². The summed E-state index contributed by atoms with van der Waals surface area (Å²) in [6.45, 7) is 19.0. The average molecular weight is 386 g/mol. The van der Waals surface area contributed by atoms with E-state index in [-0.39, 0.29) is 22.4 Å². The molecule has 6 heteroatoms. The van der Waals surface area contributed by atoms with Crippen molar-refractivity contribution in [3.05, 3.63) is 29.2 Å². The van der Waals surface area contributed by atoms with E-state index in [9.17, 15) is 4.79 Å². The Morgan fingerprint density at radius 3 is 1.96 bits per heavy atom. The van der Waals surface area contributed by atoms with Gasteiger partial charge in [0.15, 0.2) is 5.69 Å². The third-order valence-electron chi connectivity index (χ3n) is 4.96. The predicted octanol–water partition coefficient (Wildman–Crippen LogP) is 5.02. The second kappa shape index (κ2) is 6.46. The summed E-state index contributed by atoms with van der Waals surface area (Å²) in [4.78, 5) is 13.1. The lowest BCUT2D eigenvalue weighted by atomic mass is 9.92. The maximum atomic E-state index is 13.1. The molecule has 1 aliphatic rings. The smallest absolute Gasteiger partial charge is 0.277 e. The fourth-order valence-corrected chi connectivity index (χ4v) is 3.24. The van der Waals surface area contributed by atoms with Crippen molar-refractivity contribution in [3.63, 3.8) is 0 Å². The van der Waals surface area contributed by atoms with Gasteiger partial charge in [-0.3, -0.25) is 9.48 Å². The first-order valence-corrected chi connectivity index (χ1v) is 10.2. The summed E-state index contributed by atoms with van der Waals surface area (Å²) in [5, 5.41) is 12.5. The first-order valence-electron chi connectivity index (χ1n) is 10.2. The zero-order chi connectivity index (χ0) is 21.1. The highest BCUT2D eigenvalue weighted by molar-refractivity contribution is 6.02. The Morgan fingerprint density at radius 2 is 1.50 bits per heavy atom. The Labute approximate surface area is 168 Å². The van der Waals surface area contributed by atoms with Crippen molar-refractivity contribution in [2.75, 3.05) is 5.32 Å². The maximum Gasteiger partial charge on any atom is 0.277 e. The lowest BCUT2D eigenvalue weighted by molar-refractivity contribution is 0.101. The van der Waals surface area contributed by atoms with E-state index in [4.69, 9.17) is 5.10 Å². The molecule has 0 aliphatic heterocycles. The van der Waals surface area contributed by atoms with Gasteiger partial charge in [-0.1, -0.05) is 20.8 Å². The zero-order valence-corrected chi connectivity index (χ0v) is 18.8. The fraction of sp³-hybridized carbons (Fsp3) is 0.682. The van der Waals surface area contributed by atoms with Crippen LogP contribution in [0.1, 0.15) is 103 Å². The molecule has 0 aromatic carbocycles. The Balaban J connectivity index is 1.94. The van der Waals surface area contributed by atoms with Crippen LogP contribution in [0.2, 0.25) is 0 Å². The van der Waals surface area contributed by atoms with Crippen LogP contribution in [-0.2, 0) is 16.5 Å². The number of amides is 1. The lowest BCUT2D eigenvalue weighted by Gasteiger charge is -2.23. The molecule has 28 heavy (non-hydrogen) atoms. The highest BCUT2D eigenvalue weighted by atomic mass is 16.2. The van der Waals surface area contributed by atoms with Crippen LogP contribution in [0.5, 0.6) is 0 Å². The summed E-state index contributed by atoms with van der Waals surface area (Å²) >= 11 is 0. The van der Waals surface area contributed by atoms with Crippen LogP contribution in [0.3, 0.4) is 0 Å². The number of carbonyl (C=O) groups is 1. The average Bonchev–Trinajstić information content (AvgIpc) is 3.07. The van der Waals surface area contributed by atoms with E-state index in [1.165, 1.54) is 12.8 Å². The van der Waals surface area contributed by atoms with Gasteiger partial charge in [0.1, 0.15) is 5.82 Å². The maximum absolute atomic E-state index is 13.1. The highest BCUT2D eigenvalue weighted by Crippen LogP contribution is 2.41. The summed E-state index contributed by atoms with van der Waals surface area (Å²) in [5.41, 5.74) is 2.10. The molecule has 0 radical (unpaired) electrons. The van der Waals surface area contributed by atoms with E-state index >= 15 is 0 Å². The van der Waals surface area contributed by atoms with Crippen LogP contribution in [0.15, 0.2) is 12.1 Å². The van der Waals surface area contributed by atoms with Gasteiger partial charge in [0, 0.05) is 23.1 Å². The molecule has 3 rings (SSSR count). The topological polar surface area (TPSA) is 64.7 Å². The third kappa shape index (κ3) is 4.15. The molecule has 6 nitrogen and oxygen atoms in total. The molecule has 1 amide bonds. The van der Waals surface area contributed by atoms with Gasteiger partial charge in [-0.05, 0) is 60.5 Å². The van der Waals surface area contributed by atoms with Gasteiger partial charge >= 0.3 is 0 Å². The predicted molar refractivity (Wildman–Crippen MR) is 113 cm³/mol. The molecule has 0 spiro atoms. The summed E-state index contributed by atoms with van der Waals surface area (Å²) in [6, 6.07) is 3.94. The number of aromatic nitrogens is 4. The molecule has 2 heterocycles. The van der Waals surface area contributed by atoms with Crippen molar-refractivity contribution in [2.24, 2.45) is 0 Å². The van der Waals surface area contributed by atoms with Gasteiger partial charge in [-0.2, -0.15) is 10.2 Å². The molecule has 0 unspecified atom stereocenters. The van der Waals surface area contributed by atoms with Gasteiger partial charge in [-0.15, -0.1) is 0 Å².